The van der Waals surface area contributed by atoms with E-state index in [0.717, 1.165) is 11.3 Å². The number of aliphatic imine (C=N–C) groups is 1. The van der Waals surface area contributed by atoms with Gasteiger partial charge in [-0.25, -0.2) is 4.99 Å². The molecule has 5 heteroatoms. The number of thioether (sulfide) groups is 1. The van der Waals surface area contributed by atoms with Crippen LogP contribution in [0.3, 0.4) is 0 Å². The van der Waals surface area contributed by atoms with E-state index in [9.17, 15) is 9.90 Å². The van der Waals surface area contributed by atoms with Crippen molar-refractivity contribution < 1.29 is 9.90 Å². The van der Waals surface area contributed by atoms with Gasteiger partial charge in [-0.1, -0.05) is 30.3 Å². The summed E-state index contributed by atoms with van der Waals surface area (Å²) < 4.78 is 0. The fourth-order valence-corrected chi connectivity index (χ4v) is 3.02. The lowest BCUT2D eigenvalue weighted by molar-refractivity contribution is -0.121. The molecule has 3 rings (SSSR count). The fraction of sp³-hybridized carbons (Fsp3) is 0.0588. The van der Waals surface area contributed by atoms with E-state index in [1.165, 1.54) is 16.7 Å². The third-order valence-corrected chi connectivity index (χ3v) is 4.21. The summed E-state index contributed by atoms with van der Waals surface area (Å²) in [5.74, 6) is 0.0827. The number of aromatic hydroxyl groups is 1. The number of likely N-dealkylation sites (N-methyl/N-ethyl adjacent to an activating group) is 1. The Hall–Kier alpha value is -2.53. The van der Waals surface area contributed by atoms with Gasteiger partial charge in [0.25, 0.3) is 5.91 Å². The fourth-order valence-electron chi connectivity index (χ4n) is 2.03. The molecule has 0 aromatic heterocycles. The van der Waals surface area contributed by atoms with Crippen molar-refractivity contribution >= 4 is 34.6 Å². The minimum Gasteiger partial charge on any atom is -0.508 e. The molecular weight excluding hydrogens is 296 g/mol. The molecule has 4 nitrogen and oxygen atoms in total. The van der Waals surface area contributed by atoms with Gasteiger partial charge in [-0.15, -0.1) is 0 Å². The molecule has 0 bridgehead atoms. The largest absolute Gasteiger partial charge is 0.508 e. The minimum absolute atomic E-state index is 0.0944. The van der Waals surface area contributed by atoms with E-state index in [1.54, 1.807) is 31.3 Å². The Bertz CT molecular complexity index is 769. The van der Waals surface area contributed by atoms with Crippen LogP contribution in [0.15, 0.2) is 64.5 Å². The van der Waals surface area contributed by atoms with E-state index in [0.29, 0.717) is 10.1 Å². The predicted molar refractivity (Wildman–Crippen MR) is 90.0 cm³/mol. The molecule has 1 saturated heterocycles. The Morgan fingerprint density at radius 3 is 2.64 bits per heavy atom. The van der Waals surface area contributed by atoms with Crippen LogP contribution in [-0.4, -0.2) is 28.1 Å². The van der Waals surface area contributed by atoms with Crippen molar-refractivity contribution in [2.24, 2.45) is 4.99 Å². The summed E-state index contributed by atoms with van der Waals surface area (Å²) in [7, 11) is 1.71. The molecule has 0 saturated carbocycles. The number of carbonyl (C=O) groups excluding carboxylic acids is 1. The summed E-state index contributed by atoms with van der Waals surface area (Å²) in [6, 6.07) is 16.3. The summed E-state index contributed by atoms with van der Waals surface area (Å²) in [6.45, 7) is 0. The molecule has 0 spiro atoms. The van der Waals surface area contributed by atoms with Crippen LogP contribution in [0.25, 0.3) is 6.08 Å². The molecule has 1 aliphatic rings. The monoisotopic (exact) mass is 310 g/mol. The zero-order valence-corrected chi connectivity index (χ0v) is 12.7. The van der Waals surface area contributed by atoms with Gasteiger partial charge in [0.15, 0.2) is 5.17 Å². The van der Waals surface area contributed by atoms with E-state index >= 15 is 0 Å². The summed E-state index contributed by atoms with van der Waals surface area (Å²) in [5.41, 5.74) is 1.59. The standard InChI is InChI=1S/C17H14N2O2S/c1-19-16(21)15(11-12-6-5-9-14(20)10-12)22-17(19)18-13-7-3-2-4-8-13/h2-11,20H,1H3/b15-11+,18-17?. The first-order valence-electron chi connectivity index (χ1n) is 6.74. The number of amides is 1. The van der Waals surface area contributed by atoms with Gasteiger partial charge in [-0.05, 0) is 47.7 Å². The molecule has 0 aliphatic carbocycles. The van der Waals surface area contributed by atoms with Gasteiger partial charge in [-0.2, -0.15) is 0 Å². The number of rotatable bonds is 2. The van der Waals surface area contributed by atoms with Crippen molar-refractivity contribution in [3.05, 3.63) is 65.1 Å². The van der Waals surface area contributed by atoms with E-state index in [2.05, 4.69) is 4.99 Å². The second-order valence-electron chi connectivity index (χ2n) is 4.80. The Morgan fingerprint density at radius 2 is 1.91 bits per heavy atom. The normalized spacial score (nSPS) is 18.4. The summed E-state index contributed by atoms with van der Waals surface area (Å²) in [5, 5.41) is 10.1. The van der Waals surface area contributed by atoms with Gasteiger partial charge in [0, 0.05) is 7.05 Å². The van der Waals surface area contributed by atoms with Crippen LogP contribution in [0, 0.1) is 0 Å². The van der Waals surface area contributed by atoms with Gasteiger partial charge in [0.05, 0.1) is 10.6 Å². The number of phenolic OH excluding ortho intramolecular Hbond substituents is 1. The average molecular weight is 310 g/mol. The highest BCUT2D eigenvalue weighted by Crippen LogP contribution is 2.33. The lowest BCUT2D eigenvalue weighted by Gasteiger charge is -2.06. The zero-order valence-electron chi connectivity index (χ0n) is 11.9. The van der Waals surface area contributed by atoms with Crippen molar-refractivity contribution in [2.45, 2.75) is 0 Å². The van der Waals surface area contributed by atoms with E-state index < -0.39 is 0 Å². The highest BCUT2D eigenvalue weighted by molar-refractivity contribution is 8.18. The molecular formula is C17H14N2O2S. The molecule has 1 amide bonds. The number of para-hydroxylation sites is 1. The lowest BCUT2D eigenvalue weighted by atomic mass is 10.2. The van der Waals surface area contributed by atoms with Gasteiger partial charge in [0.2, 0.25) is 0 Å². The first-order valence-corrected chi connectivity index (χ1v) is 7.55. The van der Waals surface area contributed by atoms with Crippen molar-refractivity contribution in [3.8, 4) is 5.75 Å². The van der Waals surface area contributed by atoms with Crippen molar-refractivity contribution in [1.29, 1.82) is 0 Å². The van der Waals surface area contributed by atoms with Gasteiger partial charge >= 0.3 is 0 Å². The average Bonchev–Trinajstić information content (AvgIpc) is 2.77. The van der Waals surface area contributed by atoms with Crippen molar-refractivity contribution in [2.75, 3.05) is 7.05 Å². The maximum atomic E-state index is 12.3. The number of phenols is 1. The molecule has 22 heavy (non-hydrogen) atoms. The van der Waals surface area contributed by atoms with Crippen molar-refractivity contribution in [3.63, 3.8) is 0 Å². The number of carbonyl (C=O) groups is 1. The molecule has 2 aromatic carbocycles. The van der Waals surface area contributed by atoms with Crippen LogP contribution < -0.4 is 0 Å². The molecule has 110 valence electrons. The quantitative estimate of drug-likeness (QED) is 0.862. The molecule has 1 N–H and O–H groups in total. The lowest BCUT2D eigenvalue weighted by Crippen LogP contribution is -2.23. The molecule has 0 unspecified atom stereocenters. The number of benzene rings is 2. The summed E-state index contributed by atoms with van der Waals surface area (Å²) in [6.07, 6.45) is 1.76. The van der Waals surface area contributed by atoms with E-state index in [-0.39, 0.29) is 11.7 Å². The molecule has 0 radical (unpaired) electrons. The first-order chi connectivity index (χ1) is 10.6. The zero-order chi connectivity index (χ0) is 15.5. The van der Waals surface area contributed by atoms with Gasteiger partial charge in [-0.3, -0.25) is 9.69 Å². The third-order valence-electron chi connectivity index (χ3n) is 3.15. The topological polar surface area (TPSA) is 52.9 Å². The highest BCUT2D eigenvalue weighted by Gasteiger charge is 2.30. The number of hydrogen-bond acceptors (Lipinski definition) is 4. The predicted octanol–water partition coefficient (Wildman–Crippen LogP) is 3.63. The first kappa shape index (κ1) is 14.4. The van der Waals surface area contributed by atoms with Crippen LogP contribution in [-0.2, 0) is 4.79 Å². The van der Waals surface area contributed by atoms with Gasteiger partial charge < -0.3 is 5.11 Å². The van der Waals surface area contributed by atoms with E-state index in [1.807, 2.05) is 36.4 Å². The number of hydrogen-bond donors (Lipinski definition) is 1. The maximum absolute atomic E-state index is 12.3. The van der Waals surface area contributed by atoms with E-state index in [4.69, 9.17) is 0 Å². The second kappa shape index (κ2) is 6.07. The number of nitrogens with zero attached hydrogens (tertiary/aromatic N) is 2. The molecule has 2 aromatic rings. The second-order valence-corrected chi connectivity index (χ2v) is 5.81. The Labute approximate surface area is 132 Å². The van der Waals surface area contributed by atoms with Crippen molar-refractivity contribution in [1.82, 2.24) is 4.90 Å². The molecule has 0 atom stereocenters. The molecule has 1 fully saturated rings. The minimum atomic E-state index is -0.0944. The van der Waals surface area contributed by atoms with Crippen LogP contribution in [0.4, 0.5) is 5.69 Å². The van der Waals surface area contributed by atoms with Crippen LogP contribution in [0.5, 0.6) is 5.75 Å². The highest BCUT2D eigenvalue weighted by atomic mass is 32.2. The smallest absolute Gasteiger partial charge is 0.266 e. The summed E-state index contributed by atoms with van der Waals surface area (Å²) >= 11 is 1.33. The van der Waals surface area contributed by atoms with Crippen LogP contribution in [0.1, 0.15) is 5.56 Å². The molecule has 1 heterocycles. The van der Waals surface area contributed by atoms with Crippen LogP contribution in [0.2, 0.25) is 0 Å². The SMILES string of the molecule is CN1C(=O)/C(=C\c2cccc(O)c2)SC1=Nc1ccccc1. The van der Waals surface area contributed by atoms with Gasteiger partial charge in [0.1, 0.15) is 5.75 Å². The Morgan fingerprint density at radius 1 is 1.14 bits per heavy atom. The Balaban J connectivity index is 1.90. The third kappa shape index (κ3) is 3.04. The maximum Gasteiger partial charge on any atom is 0.266 e. The number of amidine groups is 1. The van der Waals surface area contributed by atoms with Crippen LogP contribution >= 0.6 is 11.8 Å². The Kier molecular flexibility index (Phi) is 3.98. The summed E-state index contributed by atoms with van der Waals surface area (Å²) in [4.78, 5) is 18.9. The molecule has 1 aliphatic heterocycles.